The molecule has 2 aromatic rings. The Bertz CT molecular complexity index is 536. The van der Waals surface area contributed by atoms with Gasteiger partial charge in [-0.2, -0.15) is 0 Å². The Labute approximate surface area is 122 Å². The van der Waals surface area contributed by atoms with Crippen molar-refractivity contribution >= 4 is 21.8 Å². The van der Waals surface area contributed by atoms with Gasteiger partial charge in [-0.25, -0.2) is 0 Å². The van der Waals surface area contributed by atoms with Gasteiger partial charge in [-0.15, -0.1) is 0 Å². The van der Waals surface area contributed by atoms with Gasteiger partial charge in [0.25, 0.3) is 0 Å². The number of halogens is 1. The molecular weight excluding hydrogens is 302 g/mol. The lowest BCUT2D eigenvalue weighted by molar-refractivity contribution is -0.122. The quantitative estimate of drug-likeness (QED) is 0.911. The Hall–Kier alpha value is -1.61. The Kier molecular flexibility index (Phi) is 4.74. The first kappa shape index (κ1) is 13.8. The van der Waals surface area contributed by atoms with Gasteiger partial charge in [0.1, 0.15) is 0 Å². The molecule has 0 heterocycles. The van der Waals surface area contributed by atoms with Crippen molar-refractivity contribution in [1.29, 1.82) is 0 Å². The van der Waals surface area contributed by atoms with Crippen LogP contribution >= 0.6 is 15.9 Å². The van der Waals surface area contributed by atoms with Gasteiger partial charge >= 0.3 is 0 Å². The van der Waals surface area contributed by atoms with E-state index in [1.807, 2.05) is 61.5 Å². The lowest BCUT2D eigenvalue weighted by Gasteiger charge is -2.12. The Morgan fingerprint density at radius 1 is 1.11 bits per heavy atom. The van der Waals surface area contributed by atoms with Crippen molar-refractivity contribution in [2.24, 2.45) is 0 Å². The molecule has 1 amide bonds. The number of amides is 1. The maximum Gasteiger partial charge on any atom is 0.227 e. The van der Waals surface area contributed by atoms with E-state index >= 15 is 0 Å². The highest BCUT2D eigenvalue weighted by Gasteiger charge is 2.13. The fourth-order valence-electron chi connectivity index (χ4n) is 1.84. The Morgan fingerprint density at radius 2 is 1.74 bits per heavy atom. The molecule has 1 unspecified atom stereocenters. The molecule has 3 heteroatoms. The second-order valence-corrected chi connectivity index (χ2v) is 5.39. The fraction of sp³-hybridized carbons (Fsp3) is 0.188. The van der Waals surface area contributed by atoms with Crippen LogP contribution in [0.2, 0.25) is 0 Å². The molecule has 0 saturated carbocycles. The van der Waals surface area contributed by atoms with Gasteiger partial charge in [-0.1, -0.05) is 58.4 Å². The number of carbonyl (C=O) groups is 1. The molecule has 98 valence electrons. The van der Waals surface area contributed by atoms with Gasteiger partial charge in [0, 0.05) is 11.0 Å². The summed E-state index contributed by atoms with van der Waals surface area (Å²) >= 11 is 3.39. The van der Waals surface area contributed by atoms with Crippen LogP contribution in [0.15, 0.2) is 59.1 Å². The second-order valence-electron chi connectivity index (χ2n) is 4.48. The maximum absolute atomic E-state index is 12.1. The van der Waals surface area contributed by atoms with Crippen molar-refractivity contribution < 1.29 is 4.79 Å². The summed E-state index contributed by atoms with van der Waals surface area (Å²) < 4.78 is 1.04. The van der Waals surface area contributed by atoms with Crippen LogP contribution in [0.25, 0.3) is 0 Å². The van der Waals surface area contributed by atoms with Crippen molar-refractivity contribution in [3.05, 3.63) is 70.2 Å². The highest BCUT2D eigenvalue weighted by atomic mass is 79.9. The molecule has 0 aliphatic carbocycles. The average Bonchev–Trinajstić information content (AvgIpc) is 2.46. The molecule has 1 N–H and O–H groups in total. The van der Waals surface area contributed by atoms with Crippen LogP contribution in [-0.2, 0) is 11.3 Å². The number of rotatable bonds is 4. The zero-order valence-corrected chi connectivity index (χ0v) is 12.4. The highest BCUT2D eigenvalue weighted by molar-refractivity contribution is 9.10. The molecular formula is C16H16BrNO. The van der Waals surface area contributed by atoms with Gasteiger partial charge in [0.2, 0.25) is 5.91 Å². The van der Waals surface area contributed by atoms with Gasteiger partial charge in [-0.05, 0) is 30.2 Å². The van der Waals surface area contributed by atoms with E-state index in [0.717, 1.165) is 15.6 Å². The van der Waals surface area contributed by atoms with E-state index in [0.29, 0.717) is 6.54 Å². The number of hydrogen-bond donors (Lipinski definition) is 1. The van der Waals surface area contributed by atoms with Crippen molar-refractivity contribution in [1.82, 2.24) is 5.32 Å². The minimum Gasteiger partial charge on any atom is -0.352 e. The van der Waals surface area contributed by atoms with Crippen LogP contribution in [0.3, 0.4) is 0 Å². The summed E-state index contributed by atoms with van der Waals surface area (Å²) in [7, 11) is 0. The highest BCUT2D eigenvalue weighted by Crippen LogP contribution is 2.15. The lowest BCUT2D eigenvalue weighted by Crippen LogP contribution is -2.27. The average molecular weight is 318 g/mol. The number of hydrogen-bond acceptors (Lipinski definition) is 1. The molecule has 0 saturated heterocycles. The van der Waals surface area contributed by atoms with Crippen molar-refractivity contribution in [3.8, 4) is 0 Å². The van der Waals surface area contributed by atoms with Crippen LogP contribution < -0.4 is 5.32 Å². The molecule has 0 bridgehead atoms. The molecule has 0 radical (unpaired) electrons. The summed E-state index contributed by atoms with van der Waals surface area (Å²) in [4.78, 5) is 12.1. The SMILES string of the molecule is CC(C(=O)NCc1ccc(Br)cc1)c1ccccc1. The Balaban J connectivity index is 1.93. The predicted molar refractivity (Wildman–Crippen MR) is 80.8 cm³/mol. The summed E-state index contributed by atoms with van der Waals surface area (Å²) in [5.74, 6) is -0.0780. The summed E-state index contributed by atoms with van der Waals surface area (Å²) in [6, 6.07) is 17.8. The van der Waals surface area contributed by atoms with E-state index in [4.69, 9.17) is 0 Å². The maximum atomic E-state index is 12.1. The Morgan fingerprint density at radius 3 is 2.37 bits per heavy atom. The first-order valence-corrected chi connectivity index (χ1v) is 7.03. The number of carbonyl (C=O) groups excluding carboxylic acids is 1. The molecule has 2 aromatic carbocycles. The van der Waals surface area contributed by atoms with Crippen molar-refractivity contribution in [2.45, 2.75) is 19.4 Å². The monoisotopic (exact) mass is 317 g/mol. The smallest absolute Gasteiger partial charge is 0.227 e. The summed E-state index contributed by atoms with van der Waals surface area (Å²) in [5.41, 5.74) is 2.13. The molecule has 0 aliphatic heterocycles. The molecule has 0 fully saturated rings. The number of benzene rings is 2. The third kappa shape index (κ3) is 3.93. The molecule has 0 spiro atoms. The summed E-state index contributed by atoms with van der Waals surface area (Å²) in [6.07, 6.45) is 0. The van der Waals surface area contributed by atoms with Gasteiger partial charge < -0.3 is 5.32 Å². The molecule has 1 atom stereocenters. The largest absolute Gasteiger partial charge is 0.352 e. The van der Waals surface area contributed by atoms with Crippen LogP contribution in [0, 0.1) is 0 Å². The van der Waals surface area contributed by atoms with Crippen LogP contribution in [0.5, 0.6) is 0 Å². The standard InChI is InChI=1S/C16H16BrNO/c1-12(14-5-3-2-4-6-14)16(19)18-11-13-7-9-15(17)10-8-13/h2-10,12H,11H2,1H3,(H,18,19). The predicted octanol–water partition coefficient (Wildman–Crippen LogP) is 3.87. The zero-order valence-electron chi connectivity index (χ0n) is 10.8. The zero-order chi connectivity index (χ0) is 13.7. The number of nitrogens with one attached hydrogen (secondary N) is 1. The van der Waals surface area contributed by atoms with Crippen LogP contribution in [0.4, 0.5) is 0 Å². The van der Waals surface area contributed by atoms with E-state index in [1.165, 1.54) is 0 Å². The normalized spacial score (nSPS) is 11.9. The fourth-order valence-corrected chi connectivity index (χ4v) is 2.10. The van der Waals surface area contributed by atoms with Crippen LogP contribution in [0.1, 0.15) is 24.0 Å². The van der Waals surface area contributed by atoms with Gasteiger partial charge in [-0.3, -0.25) is 4.79 Å². The molecule has 19 heavy (non-hydrogen) atoms. The molecule has 2 nitrogen and oxygen atoms in total. The first-order valence-electron chi connectivity index (χ1n) is 6.24. The molecule has 2 rings (SSSR count). The minimum absolute atomic E-state index is 0.0501. The van der Waals surface area contributed by atoms with E-state index in [9.17, 15) is 4.79 Å². The van der Waals surface area contributed by atoms with E-state index in [2.05, 4.69) is 21.2 Å². The van der Waals surface area contributed by atoms with Crippen molar-refractivity contribution in [2.75, 3.05) is 0 Å². The molecule has 0 aliphatic rings. The van der Waals surface area contributed by atoms with E-state index < -0.39 is 0 Å². The second kappa shape index (κ2) is 6.53. The minimum atomic E-state index is -0.128. The van der Waals surface area contributed by atoms with Crippen molar-refractivity contribution in [3.63, 3.8) is 0 Å². The summed E-state index contributed by atoms with van der Waals surface area (Å²) in [5, 5.41) is 2.96. The van der Waals surface area contributed by atoms with E-state index in [1.54, 1.807) is 0 Å². The van der Waals surface area contributed by atoms with Crippen LogP contribution in [-0.4, -0.2) is 5.91 Å². The molecule has 0 aromatic heterocycles. The third-order valence-electron chi connectivity index (χ3n) is 3.07. The third-order valence-corrected chi connectivity index (χ3v) is 3.60. The summed E-state index contributed by atoms with van der Waals surface area (Å²) in [6.45, 7) is 2.48. The lowest BCUT2D eigenvalue weighted by atomic mass is 10.0. The van der Waals surface area contributed by atoms with E-state index in [-0.39, 0.29) is 11.8 Å². The first-order chi connectivity index (χ1) is 9.16. The van der Waals surface area contributed by atoms with Gasteiger partial charge in [0.05, 0.1) is 5.92 Å². The topological polar surface area (TPSA) is 29.1 Å². The van der Waals surface area contributed by atoms with Gasteiger partial charge in [0.15, 0.2) is 0 Å².